The van der Waals surface area contributed by atoms with E-state index in [2.05, 4.69) is 42.2 Å². The van der Waals surface area contributed by atoms with Crippen LogP contribution in [0.2, 0.25) is 5.32 Å². The molecule has 1 aliphatic rings. The molecule has 1 aromatic rings. The van der Waals surface area contributed by atoms with Crippen LogP contribution in [0.4, 0.5) is 0 Å². The summed E-state index contributed by atoms with van der Waals surface area (Å²) >= 11 is 2.57. The van der Waals surface area contributed by atoms with Crippen molar-refractivity contribution < 1.29 is 0 Å². The number of nitrogens with zero attached hydrogens (tertiary/aromatic N) is 1. The summed E-state index contributed by atoms with van der Waals surface area (Å²) < 4.78 is 1.50. The summed E-state index contributed by atoms with van der Waals surface area (Å²) in [5.41, 5.74) is 0. The van der Waals surface area contributed by atoms with E-state index in [-0.39, 0.29) is 0 Å². The zero-order chi connectivity index (χ0) is 9.80. The summed E-state index contributed by atoms with van der Waals surface area (Å²) in [6.45, 7) is 3.14. The first-order chi connectivity index (χ1) is 6.84. The Morgan fingerprint density at radius 1 is 1.43 bits per heavy atom. The molecule has 1 nitrogen and oxygen atoms in total. The summed E-state index contributed by atoms with van der Waals surface area (Å²) in [5.74, 6) is 0. The van der Waals surface area contributed by atoms with Gasteiger partial charge in [0.1, 0.15) is 0 Å². The molecule has 0 N–H and O–H groups in total. The summed E-state index contributed by atoms with van der Waals surface area (Å²) in [4.78, 5) is 4.42. The predicted molar refractivity (Wildman–Crippen MR) is 66.0 cm³/mol. The van der Waals surface area contributed by atoms with Crippen LogP contribution in [0.15, 0.2) is 35.3 Å². The molecular weight excluding hydrogens is 257 g/mol. The van der Waals surface area contributed by atoms with Crippen molar-refractivity contribution in [3.05, 3.63) is 30.3 Å². The normalized spacial score (nSPS) is 20.9. The van der Waals surface area contributed by atoms with Crippen LogP contribution in [0, 0.1) is 0 Å². The monoisotopic (exact) mass is 271 g/mol. The maximum atomic E-state index is 4.42. The molecule has 0 radical (unpaired) electrons. The maximum absolute atomic E-state index is 4.42. The van der Waals surface area contributed by atoms with Gasteiger partial charge < -0.3 is 0 Å². The summed E-state index contributed by atoms with van der Waals surface area (Å²) in [7, 11) is 0. The number of rotatable bonds is 3. The van der Waals surface area contributed by atoms with Crippen molar-refractivity contribution >= 4 is 36.2 Å². The van der Waals surface area contributed by atoms with Gasteiger partial charge >= 0.3 is 95.6 Å². The molecule has 0 aliphatic carbocycles. The first-order valence-electron chi connectivity index (χ1n) is 4.70. The van der Waals surface area contributed by atoms with E-state index in [4.69, 9.17) is 0 Å². The van der Waals surface area contributed by atoms with E-state index in [1.807, 2.05) is 11.8 Å². The first kappa shape index (κ1) is 10.3. The molecular formula is C11H13NSSe. The second kappa shape index (κ2) is 5.01. The van der Waals surface area contributed by atoms with E-state index in [0.29, 0.717) is 15.0 Å². The average molecular weight is 270 g/mol. The van der Waals surface area contributed by atoms with Crippen molar-refractivity contribution in [3.63, 3.8) is 0 Å². The van der Waals surface area contributed by atoms with E-state index in [1.54, 1.807) is 0 Å². The first-order valence-corrected chi connectivity index (χ1v) is 7.65. The fourth-order valence-electron chi connectivity index (χ4n) is 1.34. The van der Waals surface area contributed by atoms with E-state index < -0.39 is 0 Å². The van der Waals surface area contributed by atoms with Crippen molar-refractivity contribution in [2.45, 2.75) is 17.5 Å². The van der Waals surface area contributed by atoms with Gasteiger partial charge in [-0.15, -0.1) is 0 Å². The molecule has 0 saturated heterocycles. The quantitative estimate of drug-likeness (QED) is 0.765. The Bertz CT molecular complexity index is 323. The number of aliphatic imine (C=N–C) groups is 1. The molecule has 74 valence electrons. The molecule has 2 rings (SSSR count). The fourth-order valence-corrected chi connectivity index (χ4v) is 4.72. The predicted octanol–water partition coefficient (Wildman–Crippen LogP) is 1.97. The van der Waals surface area contributed by atoms with Gasteiger partial charge in [-0.05, 0) is 0 Å². The van der Waals surface area contributed by atoms with Gasteiger partial charge in [0.15, 0.2) is 0 Å². The Hall–Kier alpha value is -0.241. The van der Waals surface area contributed by atoms with Crippen LogP contribution in [0.25, 0.3) is 0 Å². The van der Waals surface area contributed by atoms with Gasteiger partial charge in [-0.1, -0.05) is 0 Å². The van der Waals surface area contributed by atoms with Crippen LogP contribution in [0.3, 0.4) is 0 Å². The molecule has 1 atom stereocenters. The second-order valence-corrected chi connectivity index (χ2v) is 7.01. The Kier molecular flexibility index (Phi) is 3.68. The molecule has 0 fully saturated rings. The number of hydrogen-bond acceptors (Lipinski definition) is 2. The summed E-state index contributed by atoms with van der Waals surface area (Å²) in [6.07, 6.45) is 0. The molecule has 1 unspecified atom stereocenters. The minimum absolute atomic E-state index is 0.624. The second-order valence-electron chi connectivity index (χ2n) is 3.22. The Balaban J connectivity index is 1.79. The molecule has 0 aromatic heterocycles. The van der Waals surface area contributed by atoms with Gasteiger partial charge in [-0.3, -0.25) is 0 Å². The van der Waals surface area contributed by atoms with Gasteiger partial charge in [0, 0.05) is 0 Å². The molecule has 1 heterocycles. The average Bonchev–Trinajstić information content (AvgIpc) is 2.63. The van der Waals surface area contributed by atoms with Crippen molar-refractivity contribution in [2.24, 2.45) is 4.99 Å². The molecule has 3 heteroatoms. The van der Waals surface area contributed by atoms with Crippen LogP contribution in [0.1, 0.15) is 6.92 Å². The van der Waals surface area contributed by atoms with Crippen molar-refractivity contribution in [3.8, 4) is 0 Å². The Morgan fingerprint density at radius 3 is 2.86 bits per heavy atom. The van der Waals surface area contributed by atoms with Crippen molar-refractivity contribution in [2.75, 3.05) is 6.54 Å². The minimum atomic E-state index is 0.624. The SMILES string of the molecule is CC1=NCC(C[Se]c2ccccc2)S1. The molecule has 0 saturated carbocycles. The molecule has 1 aromatic carbocycles. The summed E-state index contributed by atoms with van der Waals surface area (Å²) in [5, 5.41) is 3.32. The van der Waals surface area contributed by atoms with Crippen molar-refractivity contribution in [1.82, 2.24) is 0 Å². The van der Waals surface area contributed by atoms with Gasteiger partial charge in [0.25, 0.3) is 0 Å². The van der Waals surface area contributed by atoms with Crippen LogP contribution in [0.5, 0.6) is 0 Å². The number of thioether (sulfide) groups is 1. The zero-order valence-electron chi connectivity index (χ0n) is 8.14. The third-order valence-electron chi connectivity index (χ3n) is 2.03. The zero-order valence-corrected chi connectivity index (χ0v) is 10.7. The van der Waals surface area contributed by atoms with E-state index in [9.17, 15) is 0 Å². The third kappa shape index (κ3) is 2.88. The van der Waals surface area contributed by atoms with Crippen LogP contribution < -0.4 is 4.46 Å². The molecule has 1 aliphatic heterocycles. The summed E-state index contributed by atoms with van der Waals surface area (Å²) in [6, 6.07) is 10.8. The van der Waals surface area contributed by atoms with Crippen LogP contribution in [-0.2, 0) is 0 Å². The van der Waals surface area contributed by atoms with E-state index in [0.717, 1.165) is 11.8 Å². The Morgan fingerprint density at radius 2 is 2.21 bits per heavy atom. The topological polar surface area (TPSA) is 12.4 Å². The van der Waals surface area contributed by atoms with Gasteiger partial charge in [0.2, 0.25) is 0 Å². The third-order valence-corrected chi connectivity index (χ3v) is 6.09. The molecule has 14 heavy (non-hydrogen) atoms. The van der Waals surface area contributed by atoms with Gasteiger partial charge in [0.05, 0.1) is 0 Å². The number of hydrogen-bond donors (Lipinski definition) is 0. The van der Waals surface area contributed by atoms with Crippen molar-refractivity contribution in [1.29, 1.82) is 0 Å². The van der Waals surface area contributed by atoms with Crippen LogP contribution >= 0.6 is 11.8 Å². The van der Waals surface area contributed by atoms with Gasteiger partial charge in [-0.2, -0.15) is 0 Å². The Labute approximate surface area is 95.5 Å². The van der Waals surface area contributed by atoms with E-state index in [1.165, 1.54) is 14.8 Å². The standard InChI is InChI=1S/C11H13NSSe/c1-9-12-7-10(13-9)8-14-11-5-3-2-4-6-11/h2-6,10H,7-8H2,1H3. The number of benzene rings is 1. The molecule has 0 amide bonds. The van der Waals surface area contributed by atoms with Gasteiger partial charge in [-0.25, -0.2) is 0 Å². The molecule has 0 spiro atoms. The molecule has 0 bridgehead atoms. The van der Waals surface area contributed by atoms with E-state index >= 15 is 0 Å². The fraction of sp³-hybridized carbons (Fsp3) is 0.364. The van der Waals surface area contributed by atoms with Crippen LogP contribution in [-0.4, -0.2) is 31.8 Å².